The minimum Gasteiger partial charge on any atom is -0.324 e. The molecule has 0 radical (unpaired) electrons. The average Bonchev–Trinajstić information content (AvgIpc) is 2.44. The minimum atomic E-state index is -1.59. The molecule has 0 aliphatic carbocycles. The molecule has 20 heavy (non-hydrogen) atoms. The first-order valence-corrected chi connectivity index (χ1v) is 6.07. The molecule has 0 saturated heterocycles. The van der Waals surface area contributed by atoms with E-state index in [4.69, 9.17) is 11.6 Å². The van der Waals surface area contributed by atoms with Crippen molar-refractivity contribution < 1.29 is 18.0 Å². The number of nitrogens with one attached hydrogen (secondary N) is 1. The number of hydrogen-bond donors (Lipinski definition) is 1. The Hall–Kier alpha value is -2.01. The van der Waals surface area contributed by atoms with Crippen LogP contribution in [0.1, 0.15) is 10.9 Å². The monoisotopic (exact) mass is 299 g/mol. The van der Waals surface area contributed by atoms with Gasteiger partial charge in [-0.3, -0.25) is 4.79 Å². The first-order valence-electron chi connectivity index (χ1n) is 5.63. The van der Waals surface area contributed by atoms with Crippen LogP contribution in [-0.4, -0.2) is 5.91 Å². The molecule has 0 bridgehead atoms. The summed E-state index contributed by atoms with van der Waals surface area (Å²) in [5.74, 6) is -5.02. The maximum atomic E-state index is 13.0. The van der Waals surface area contributed by atoms with Crippen molar-refractivity contribution in [1.29, 1.82) is 0 Å². The zero-order valence-corrected chi connectivity index (χ0v) is 10.8. The summed E-state index contributed by atoms with van der Waals surface area (Å²) in [5.41, 5.74) is 0.336. The standard InChI is InChI=1S/C14H9ClF3NO/c15-12(8-4-2-1-3-5-8)14(20)19-9-6-10(16)13(18)11(17)7-9/h1-7,12H,(H,19,20). The molecule has 0 aliphatic rings. The van der Waals surface area contributed by atoms with Crippen LogP contribution in [0.25, 0.3) is 0 Å². The second-order valence-electron chi connectivity index (χ2n) is 4.02. The van der Waals surface area contributed by atoms with Gasteiger partial charge in [-0.1, -0.05) is 30.3 Å². The van der Waals surface area contributed by atoms with Crippen LogP contribution in [0.2, 0.25) is 0 Å². The Labute approximate surface area is 118 Å². The van der Waals surface area contributed by atoms with E-state index in [1.807, 2.05) is 0 Å². The molecule has 6 heteroatoms. The number of alkyl halides is 1. The molecule has 1 N–H and O–H groups in total. The molecule has 0 spiro atoms. The molecule has 2 aromatic rings. The van der Waals surface area contributed by atoms with Crippen LogP contribution in [0.5, 0.6) is 0 Å². The molecule has 2 nitrogen and oxygen atoms in total. The average molecular weight is 300 g/mol. The molecule has 0 saturated carbocycles. The lowest BCUT2D eigenvalue weighted by atomic mass is 10.1. The third kappa shape index (κ3) is 3.11. The first kappa shape index (κ1) is 14.4. The highest BCUT2D eigenvalue weighted by molar-refractivity contribution is 6.32. The Morgan fingerprint density at radius 3 is 2.15 bits per heavy atom. The SMILES string of the molecule is O=C(Nc1cc(F)c(F)c(F)c1)C(Cl)c1ccccc1. The van der Waals surface area contributed by atoms with E-state index in [1.165, 1.54) is 0 Å². The maximum Gasteiger partial charge on any atom is 0.246 e. The fraction of sp³-hybridized carbons (Fsp3) is 0.0714. The van der Waals surface area contributed by atoms with Crippen LogP contribution < -0.4 is 5.32 Å². The molecule has 0 fully saturated rings. The third-order valence-corrected chi connectivity index (χ3v) is 3.02. The predicted octanol–water partition coefficient (Wildman–Crippen LogP) is 4.02. The molecule has 104 valence electrons. The zero-order chi connectivity index (χ0) is 14.7. The number of amides is 1. The van der Waals surface area contributed by atoms with Crippen molar-refractivity contribution in [2.75, 3.05) is 5.32 Å². The third-order valence-electron chi connectivity index (χ3n) is 2.57. The second-order valence-corrected chi connectivity index (χ2v) is 4.45. The Bertz CT molecular complexity index is 611. The number of hydrogen-bond acceptors (Lipinski definition) is 1. The summed E-state index contributed by atoms with van der Waals surface area (Å²) >= 11 is 5.94. The van der Waals surface area contributed by atoms with Crippen molar-refractivity contribution in [3.8, 4) is 0 Å². The molecule has 2 rings (SSSR count). The van der Waals surface area contributed by atoms with Crippen molar-refractivity contribution in [3.05, 3.63) is 65.5 Å². The largest absolute Gasteiger partial charge is 0.324 e. The van der Waals surface area contributed by atoms with E-state index in [0.717, 1.165) is 0 Å². The summed E-state index contributed by atoms with van der Waals surface area (Å²) in [6, 6.07) is 9.82. The van der Waals surface area contributed by atoms with Gasteiger partial charge in [0.2, 0.25) is 5.91 Å². The Morgan fingerprint density at radius 2 is 1.60 bits per heavy atom. The molecule has 0 heterocycles. The lowest BCUT2D eigenvalue weighted by molar-refractivity contribution is -0.116. The lowest BCUT2D eigenvalue weighted by Crippen LogP contribution is -2.17. The summed E-state index contributed by atoms with van der Waals surface area (Å²) in [5, 5.41) is 1.21. The van der Waals surface area contributed by atoms with E-state index in [-0.39, 0.29) is 5.69 Å². The lowest BCUT2D eigenvalue weighted by Gasteiger charge is -2.11. The van der Waals surface area contributed by atoms with Gasteiger partial charge in [-0.25, -0.2) is 13.2 Å². The molecule has 1 amide bonds. The predicted molar refractivity (Wildman–Crippen MR) is 70.0 cm³/mol. The quantitative estimate of drug-likeness (QED) is 0.673. The number of benzene rings is 2. The van der Waals surface area contributed by atoms with Crippen LogP contribution in [0, 0.1) is 17.5 Å². The van der Waals surface area contributed by atoms with Gasteiger partial charge in [-0.2, -0.15) is 0 Å². The van der Waals surface area contributed by atoms with Crippen molar-refractivity contribution in [2.24, 2.45) is 0 Å². The van der Waals surface area contributed by atoms with Crippen LogP contribution in [-0.2, 0) is 4.79 Å². The normalized spacial score (nSPS) is 12.0. The smallest absolute Gasteiger partial charge is 0.246 e. The molecule has 0 aliphatic heterocycles. The highest BCUT2D eigenvalue weighted by atomic mass is 35.5. The number of anilines is 1. The summed E-state index contributed by atoms with van der Waals surface area (Å²) in [4.78, 5) is 11.8. The van der Waals surface area contributed by atoms with E-state index in [9.17, 15) is 18.0 Å². The Morgan fingerprint density at radius 1 is 1.05 bits per heavy atom. The van der Waals surface area contributed by atoms with Gasteiger partial charge in [0.1, 0.15) is 5.38 Å². The second kappa shape index (κ2) is 5.96. The molecule has 1 atom stereocenters. The number of halogens is 4. The Balaban J connectivity index is 2.16. The van der Waals surface area contributed by atoms with E-state index < -0.39 is 28.7 Å². The highest BCUT2D eigenvalue weighted by Crippen LogP contribution is 2.23. The van der Waals surface area contributed by atoms with Gasteiger partial charge in [0.05, 0.1) is 0 Å². The van der Waals surface area contributed by atoms with Gasteiger partial charge in [0.25, 0.3) is 0 Å². The van der Waals surface area contributed by atoms with Gasteiger partial charge in [-0.15, -0.1) is 11.6 Å². The number of rotatable bonds is 3. The van der Waals surface area contributed by atoms with E-state index >= 15 is 0 Å². The summed E-state index contributed by atoms with van der Waals surface area (Å²) in [6.07, 6.45) is 0. The summed E-state index contributed by atoms with van der Waals surface area (Å²) in [6.45, 7) is 0. The molecular formula is C14H9ClF3NO. The molecule has 0 aromatic heterocycles. The number of carbonyl (C=O) groups excluding carboxylic acids is 1. The maximum absolute atomic E-state index is 13.0. The highest BCUT2D eigenvalue weighted by Gasteiger charge is 2.19. The van der Waals surface area contributed by atoms with Crippen molar-refractivity contribution in [3.63, 3.8) is 0 Å². The fourth-order valence-electron chi connectivity index (χ4n) is 1.61. The van der Waals surface area contributed by atoms with Crippen molar-refractivity contribution in [1.82, 2.24) is 0 Å². The van der Waals surface area contributed by atoms with Crippen molar-refractivity contribution >= 4 is 23.2 Å². The zero-order valence-electron chi connectivity index (χ0n) is 10.0. The van der Waals surface area contributed by atoms with E-state index in [0.29, 0.717) is 17.7 Å². The minimum absolute atomic E-state index is 0.201. The van der Waals surface area contributed by atoms with Crippen LogP contribution in [0.3, 0.4) is 0 Å². The van der Waals surface area contributed by atoms with E-state index in [1.54, 1.807) is 30.3 Å². The van der Waals surface area contributed by atoms with Crippen LogP contribution >= 0.6 is 11.6 Å². The van der Waals surface area contributed by atoms with Gasteiger partial charge in [0.15, 0.2) is 17.5 Å². The van der Waals surface area contributed by atoms with Gasteiger partial charge >= 0.3 is 0 Å². The van der Waals surface area contributed by atoms with Crippen LogP contribution in [0.4, 0.5) is 18.9 Å². The summed E-state index contributed by atoms with van der Waals surface area (Å²) < 4.78 is 38.8. The molecular weight excluding hydrogens is 291 g/mol. The van der Waals surface area contributed by atoms with Gasteiger partial charge in [-0.05, 0) is 5.56 Å². The van der Waals surface area contributed by atoms with Crippen molar-refractivity contribution in [2.45, 2.75) is 5.38 Å². The Kier molecular flexibility index (Phi) is 4.29. The first-order chi connectivity index (χ1) is 9.49. The number of carbonyl (C=O) groups is 1. The topological polar surface area (TPSA) is 29.1 Å². The van der Waals surface area contributed by atoms with Gasteiger partial charge in [0, 0.05) is 17.8 Å². The fourth-order valence-corrected chi connectivity index (χ4v) is 1.81. The molecule has 2 aromatic carbocycles. The van der Waals surface area contributed by atoms with E-state index in [2.05, 4.69) is 5.32 Å². The molecule has 1 unspecified atom stereocenters. The van der Waals surface area contributed by atoms with Gasteiger partial charge < -0.3 is 5.32 Å². The van der Waals surface area contributed by atoms with Crippen LogP contribution in [0.15, 0.2) is 42.5 Å². The summed E-state index contributed by atoms with van der Waals surface area (Å²) in [7, 11) is 0.